The van der Waals surface area contributed by atoms with Gasteiger partial charge in [-0.3, -0.25) is 9.89 Å². The van der Waals surface area contributed by atoms with Gasteiger partial charge in [0.05, 0.1) is 6.61 Å². The number of hydrogen-bond donors (Lipinski definition) is 3. The number of H-pyrrole nitrogens is 1. The zero-order valence-corrected chi connectivity index (χ0v) is 13.2. The van der Waals surface area contributed by atoms with Crippen LogP contribution in [-0.4, -0.2) is 39.3 Å². The Labute approximate surface area is 125 Å². The van der Waals surface area contributed by atoms with Crippen LogP contribution in [0, 0.1) is 5.41 Å². The van der Waals surface area contributed by atoms with Crippen LogP contribution in [0.15, 0.2) is 0 Å². The van der Waals surface area contributed by atoms with Gasteiger partial charge in [0.15, 0.2) is 0 Å². The molecule has 0 unspecified atom stereocenters. The van der Waals surface area contributed by atoms with Crippen LogP contribution in [0.25, 0.3) is 0 Å². The van der Waals surface area contributed by atoms with Crippen LogP contribution < -0.4 is 5.32 Å². The lowest BCUT2D eigenvalue weighted by Crippen LogP contribution is -2.41. The summed E-state index contributed by atoms with van der Waals surface area (Å²) < 4.78 is 0. The summed E-state index contributed by atoms with van der Waals surface area (Å²) in [6, 6.07) is 0. The quantitative estimate of drug-likeness (QED) is 0.789. The number of aliphatic hydroxyl groups excluding tert-OH is 1. The van der Waals surface area contributed by atoms with Crippen LogP contribution in [0.5, 0.6) is 0 Å². The Morgan fingerprint density at radius 3 is 2.52 bits per heavy atom. The van der Waals surface area contributed by atoms with E-state index in [0.717, 1.165) is 25.7 Å². The molecule has 0 bridgehead atoms. The Bertz CT molecular complexity index is 484. The van der Waals surface area contributed by atoms with Crippen molar-refractivity contribution < 1.29 is 9.90 Å². The molecule has 1 aromatic rings. The van der Waals surface area contributed by atoms with Gasteiger partial charge < -0.3 is 10.4 Å². The molecule has 0 spiro atoms. The number of rotatable bonds is 4. The highest BCUT2D eigenvalue weighted by atomic mass is 16.3. The summed E-state index contributed by atoms with van der Waals surface area (Å²) in [4.78, 5) is 16.4. The van der Waals surface area contributed by atoms with Crippen LogP contribution in [0.2, 0.25) is 0 Å². The molecule has 0 aliphatic heterocycles. The summed E-state index contributed by atoms with van der Waals surface area (Å²) in [5.74, 6) is 0.589. The third-order valence-corrected chi connectivity index (χ3v) is 4.27. The van der Waals surface area contributed by atoms with Crippen molar-refractivity contribution in [3.05, 3.63) is 11.6 Å². The van der Waals surface area contributed by atoms with Crippen LogP contribution in [-0.2, 0) is 5.41 Å². The normalized spacial score (nSPS) is 18.5. The van der Waals surface area contributed by atoms with Crippen molar-refractivity contribution in [2.45, 2.75) is 58.3 Å². The molecule has 1 aliphatic rings. The molecule has 0 saturated heterocycles. The predicted octanol–water partition coefficient (Wildman–Crippen LogP) is 1.77. The van der Waals surface area contributed by atoms with E-state index in [1.165, 1.54) is 6.42 Å². The van der Waals surface area contributed by atoms with Crippen LogP contribution >= 0.6 is 0 Å². The molecule has 0 atom stereocenters. The number of carbonyl (C=O) groups excluding carboxylic acids is 1. The van der Waals surface area contributed by atoms with E-state index in [1.54, 1.807) is 0 Å². The first-order chi connectivity index (χ1) is 9.86. The van der Waals surface area contributed by atoms with Crippen molar-refractivity contribution in [1.29, 1.82) is 0 Å². The van der Waals surface area contributed by atoms with Gasteiger partial charge >= 0.3 is 0 Å². The number of nitrogens with zero attached hydrogens (tertiary/aromatic N) is 2. The summed E-state index contributed by atoms with van der Waals surface area (Å²) in [7, 11) is 0. The molecule has 1 aromatic heterocycles. The second-order valence-electron chi connectivity index (χ2n) is 7.16. The lowest BCUT2D eigenvalue weighted by Gasteiger charge is -2.35. The van der Waals surface area contributed by atoms with Gasteiger partial charge in [0.2, 0.25) is 5.82 Å². The van der Waals surface area contributed by atoms with Crippen LogP contribution in [0.1, 0.15) is 69.3 Å². The molecule has 1 aliphatic carbocycles. The fourth-order valence-corrected chi connectivity index (χ4v) is 2.74. The molecule has 6 heteroatoms. The zero-order valence-electron chi connectivity index (χ0n) is 13.2. The fraction of sp³-hybridized carbons (Fsp3) is 0.800. The molecule has 1 heterocycles. The zero-order chi connectivity index (χ0) is 15.5. The SMILES string of the molecule is CC(C)(C)c1nc(C(=O)NCC2(CO)CCCCC2)n[nH]1. The van der Waals surface area contributed by atoms with Gasteiger partial charge in [-0.2, -0.15) is 0 Å². The van der Waals surface area contributed by atoms with Gasteiger partial charge in [-0.1, -0.05) is 40.0 Å². The van der Waals surface area contributed by atoms with Crippen molar-refractivity contribution in [2.24, 2.45) is 5.41 Å². The molecule has 1 amide bonds. The molecule has 6 nitrogen and oxygen atoms in total. The lowest BCUT2D eigenvalue weighted by molar-refractivity contribution is 0.0713. The second kappa shape index (κ2) is 6.13. The molecule has 1 fully saturated rings. The van der Waals surface area contributed by atoms with Gasteiger partial charge in [0.1, 0.15) is 5.82 Å². The van der Waals surface area contributed by atoms with E-state index in [9.17, 15) is 9.90 Å². The highest BCUT2D eigenvalue weighted by Gasteiger charge is 2.32. The van der Waals surface area contributed by atoms with E-state index in [4.69, 9.17) is 0 Å². The van der Waals surface area contributed by atoms with Crippen molar-refractivity contribution >= 4 is 5.91 Å². The Balaban J connectivity index is 1.96. The highest BCUT2D eigenvalue weighted by molar-refractivity contribution is 5.90. The van der Waals surface area contributed by atoms with Gasteiger partial charge in [0.25, 0.3) is 5.91 Å². The Kier molecular flexibility index (Phi) is 4.66. The number of aliphatic hydroxyl groups is 1. The van der Waals surface area contributed by atoms with Crippen molar-refractivity contribution in [2.75, 3.05) is 13.2 Å². The third kappa shape index (κ3) is 3.81. The molecule has 1 saturated carbocycles. The maximum atomic E-state index is 12.1. The van der Waals surface area contributed by atoms with E-state index in [2.05, 4.69) is 20.5 Å². The predicted molar refractivity (Wildman–Crippen MR) is 80.0 cm³/mol. The first-order valence-corrected chi connectivity index (χ1v) is 7.68. The maximum Gasteiger partial charge on any atom is 0.290 e. The topological polar surface area (TPSA) is 90.9 Å². The van der Waals surface area contributed by atoms with Gasteiger partial charge in [-0.25, -0.2) is 4.98 Å². The summed E-state index contributed by atoms with van der Waals surface area (Å²) in [5.41, 5.74) is -0.335. The van der Waals surface area contributed by atoms with Crippen molar-refractivity contribution in [3.63, 3.8) is 0 Å². The number of nitrogens with one attached hydrogen (secondary N) is 2. The minimum Gasteiger partial charge on any atom is -0.396 e. The monoisotopic (exact) mass is 294 g/mol. The van der Waals surface area contributed by atoms with E-state index in [-0.39, 0.29) is 29.2 Å². The smallest absolute Gasteiger partial charge is 0.290 e. The van der Waals surface area contributed by atoms with E-state index in [0.29, 0.717) is 12.4 Å². The lowest BCUT2D eigenvalue weighted by atomic mass is 9.74. The third-order valence-electron chi connectivity index (χ3n) is 4.27. The minimum atomic E-state index is -0.278. The summed E-state index contributed by atoms with van der Waals surface area (Å²) in [6.45, 7) is 6.64. The van der Waals surface area contributed by atoms with E-state index >= 15 is 0 Å². The largest absolute Gasteiger partial charge is 0.396 e. The van der Waals surface area contributed by atoms with Crippen molar-refractivity contribution in [3.8, 4) is 0 Å². The summed E-state index contributed by atoms with van der Waals surface area (Å²) in [5, 5.41) is 19.3. The fourth-order valence-electron chi connectivity index (χ4n) is 2.74. The number of aromatic nitrogens is 3. The van der Waals surface area contributed by atoms with Gasteiger partial charge in [-0.05, 0) is 12.8 Å². The number of hydrogen-bond acceptors (Lipinski definition) is 4. The van der Waals surface area contributed by atoms with Crippen LogP contribution in [0.4, 0.5) is 0 Å². The molecule has 21 heavy (non-hydrogen) atoms. The van der Waals surface area contributed by atoms with Crippen molar-refractivity contribution in [1.82, 2.24) is 20.5 Å². The summed E-state index contributed by atoms with van der Waals surface area (Å²) >= 11 is 0. The number of amides is 1. The first-order valence-electron chi connectivity index (χ1n) is 7.68. The number of aromatic amines is 1. The molecule has 0 radical (unpaired) electrons. The molecular formula is C15H26N4O2. The molecule has 3 N–H and O–H groups in total. The Morgan fingerprint density at radius 1 is 1.33 bits per heavy atom. The van der Waals surface area contributed by atoms with Crippen LogP contribution in [0.3, 0.4) is 0 Å². The average Bonchev–Trinajstić information content (AvgIpc) is 2.96. The van der Waals surface area contributed by atoms with Gasteiger partial charge in [0, 0.05) is 17.4 Å². The standard InChI is InChI=1S/C15H26N4O2/c1-14(2,3)13-17-11(18-19-13)12(21)16-9-15(10-20)7-5-4-6-8-15/h20H,4-10H2,1-3H3,(H,16,21)(H,17,18,19). The maximum absolute atomic E-state index is 12.1. The summed E-state index contributed by atoms with van der Waals surface area (Å²) in [6.07, 6.45) is 5.37. The molecule has 0 aromatic carbocycles. The second-order valence-corrected chi connectivity index (χ2v) is 7.16. The van der Waals surface area contributed by atoms with E-state index in [1.807, 2.05) is 20.8 Å². The Morgan fingerprint density at radius 2 is 2.00 bits per heavy atom. The minimum absolute atomic E-state index is 0.120. The van der Waals surface area contributed by atoms with Gasteiger partial charge in [-0.15, -0.1) is 5.10 Å². The highest BCUT2D eigenvalue weighted by Crippen LogP contribution is 2.35. The van der Waals surface area contributed by atoms with E-state index < -0.39 is 0 Å². The molecule has 118 valence electrons. The average molecular weight is 294 g/mol. The number of carbonyl (C=O) groups is 1. The Hall–Kier alpha value is -1.43. The first kappa shape index (κ1) is 15.9. The molecule has 2 rings (SSSR count). The molecular weight excluding hydrogens is 268 g/mol.